The van der Waals surface area contributed by atoms with E-state index in [2.05, 4.69) is 16.5 Å². The van der Waals surface area contributed by atoms with Gasteiger partial charge in [-0.1, -0.05) is 23.8 Å². The molecule has 21 heavy (non-hydrogen) atoms. The summed E-state index contributed by atoms with van der Waals surface area (Å²) in [5, 5.41) is 4.13. The molecular formula is C16H22N2O2S. The third kappa shape index (κ3) is 4.43. The van der Waals surface area contributed by atoms with Crippen LogP contribution in [0.1, 0.15) is 37.7 Å². The summed E-state index contributed by atoms with van der Waals surface area (Å²) in [5.41, 5.74) is 1.96. The van der Waals surface area contributed by atoms with Gasteiger partial charge in [-0.3, -0.25) is 0 Å². The van der Waals surface area contributed by atoms with E-state index in [-0.39, 0.29) is 4.90 Å². The van der Waals surface area contributed by atoms with E-state index in [1.807, 2.05) is 13.0 Å². The van der Waals surface area contributed by atoms with Crippen molar-refractivity contribution in [2.45, 2.75) is 43.9 Å². The van der Waals surface area contributed by atoms with Gasteiger partial charge in [-0.05, 0) is 57.1 Å². The van der Waals surface area contributed by atoms with Crippen LogP contribution < -0.4 is 4.83 Å². The fraction of sp³-hybridized carbons (Fsp3) is 0.438. The molecule has 0 heterocycles. The van der Waals surface area contributed by atoms with Crippen LogP contribution in [0.15, 0.2) is 46.9 Å². The van der Waals surface area contributed by atoms with E-state index in [1.54, 1.807) is 24.3 Å². The number of nitrogens with one attached hydrogen (secondary N) is 1. The van der Waals surface area contributed by atoms with Crippen LogP contribution >= 0.6 is 0 Å². The Hall–Kier alpha value is -1.62. The lowest BCUT2D eigenvalue weighted by Gasteiger charge is -2.21. The minimum Gasteiger partial charge on any atom is -0.200 e. The maximum atomic E-state index is 12.2. The Balaban J connectivity index is 2.05. The molecule has 1 aromatic rings. The Kier molecular flexibility index (Phi) is 5.17. The van der Waals surface area contributed by atoms with Gasteiger partial charge in [0.15, 0.2) is 0 Å². The number of nitrogens with zero attached hydrogens (tertiary/aromatic N) is 1. The maximum Gasteiger partial charge on any atom is 0.276 e. The lowest BCUT2D eigenvalue weighted by Crippen LogP contribution is -2.23. The molecule has 0 unspecified atom stereocenters. The topological polar surface area (TPSA) is 58.5 Å². The van der Waals surface area contributed by atoms with E-state index < -0.39 is 10.0 Å². The average Bonchev–Trinajstić information content (AvgIpc) is 2.47. The first kappa shape index (κ1) is 15.8. The van der Waals surface area contributed by atoms with E-state index in [0.717, 1.165) is 43.4 Å². The summed E-state index contributed by atoms with van der Waals surface area (Å²) in [7, 11) is -3.56. The Labute approximate surface area is 127 Å². The van der Waals surface area contributed by atoms with Crippen LogP contribution in [0.4, 0.5) is 0 Å². The molecule has 114 valence electrons. The minimum atomic E-state index is -3.56. The maximum absolute atomic E-state index is 12.2. The van der Waals surface area contributed by atoms with Gasteiger partial charge in [0, 0.05) is 5.71 Å². The molecule has 0 aromatic heterocycles. The van der Waals surface area contributed by atoms with Crippen LogP contribution in [0.25, 0.3) is 0 Å². The summed E-state index contributed by atoms with van der Waals surface area (Å²) in [6.45, 7) is 5.68. The largest absolute Gasteiger partial charge is 0.276 e. The Morgan fingerprint density at radius 1 is 1.38 bits per heavy atom. The van der Waals surface area contributed by atoms with Gasteiger partial charge in [0.1, 0.15) is 0 Å². The molecule has 1 fully saturated rings. The second kappa shape index (κ2) is 6.89. The summed E-state index contributed by atoms with van der Waals surface area (Å²) < 4.78 is 24.3. The first-order valence-electron chi connectivity index (χ1n) is 7.26. The Bertz CT molecular complexity index is 618. The van der Waals surface area contributed by atoms with Crippen molar-refractivity contribution in [1.82, 2.24) is 4.83 Å². The lowest BCUT2D eigenvalue weighted by atomic mass is 9.86. The monoisotopic (exact) mass is 306 g/mol. The number of hydrogen-bond acceptors (Lipinski definition) is 3. The molecule has 1 aliphatic carbocycles. The number of sulfonamides is 1. The van der Waals surface area contributed by atoms with Crippen LogP contribution in [0.3, 0.4) is 0 Å². The van der Waals surface area contributed by atoms with Gasteiger partial charge in [0.05, 0.1) is 4.90 Å². The lowest BCUT2D eigenvalue weighted by molar-refractivity contribution is 0.463. The molecule has 4 nitrogen and oxygen atoms in total. The molecule has 0 aliphatic heterocycles. The van der Waals surface area contributed by atoms with Gasteiger partial charge >= 0.3 is 0 Å². The summed E-state index contributed by atoms with van der Waals surface area (Å²) in [6.07, 6.45) is 6.82. The quantitative estimate of drug-likeness (QED) is 0.669. The second-order valence-corrected chi connectivity index (χ2v) is 7.23. The molecular weight excluding hydrogens is 284 g/mol. The summed E-state index contributed by atoms with van der Waals surface area (Å²) in [4.78, 5) is 2.61. The van der Waals surface area contributed by atoms with Gasteiger partial charge in [-0.25, -0.2) is 4.83 Å². The SMILES string of the molecule is C=CC[C@@H]1CCCC(=NNS(=O)(=O)c2ccc(C)cc2)C1. The van der Waals surface area contributed by atoms with Crippen LogP contribution in [-0.2, 0) is 10.0 Å². The Morgan fingerprint density at radius 2 is 2.10 bits per heavy atom. The molecule has 1 aliphatic rings. The molecule has 0 spiro atoms. The standard InChI is InChI=1S/C16H22N2O2S/c1-3-5-14-6-4-7-15(12-14)17-18-21(19,20)16-10-8-13(2)9-11-16/h3,8-11,14,18H,1,4-7,12H2,2H3/t14-/m1/s1. The number of hydrogen-bond donors (Lipinski definition) is 1. The third-order valence-electron chi connectivity index (χ3n) is 3.76. The van der Waals surface area contributed by atoms with E-state index in [9.17, 15) is 8.42 Å². The molecule has 1 aromatic carbocycles. The van der Waals surface area contributed by atoms with Crippen LogP contribution in [0.5, 0.6) is 0 Å². The molecule has 0 amide bonds. The highest BCUT2D eigenvalue weighted by Gasteiger charge is 2.18. The predicted octanol–water partition coefficient (Wildman–Crippen LogP) is 3.40. The number of benzene rings is 1. The molecule has 0 saturated heterocycles. The van der Waals surface area contributed by atoms with Gasteiger partial charge in [-0.2, -0.15) is 13.5 Å². The minimum absolute atomic E-state index is 0.246. The smallest absolute Gasteiger partial charge is 0.200 e. The summed E-state index contributed by atoms with van der Waals surface area (Å²) in [5.74, 6) is 0.541. The highest BCUT2D eigenvalue weighted by molar-refractivity contribution is 7.89. The number of rotatable bonds is 5. The fourth-order valence-corrected chi connectivity index (χ4v) is 3.41. The number of hydrazone groups is 1. The third-order valence-corrected chi connectivity index (χ3v) is 4.98. The van der Waals surface area contributed by atoms with Crippen molar-refractivity contribution >= 4 is 15.7 Å². The van der Waals surface area contributed by atoms with Crippen molar-refractivity contribution in [3.8, 4) is 0 Å². The van der Waals surface area contributed by atoms with Crippen molar-refractivity contribution in [1.29, 1.82) is 0 Å². The molecule has 0 radical (unpaired) electrons. The highest BCUT2D eigenvalue weighted by Crippen LogP contribution is 2.25. The zero-order chi connectivity index (χ0) is 15.3. The zero-order valence-corrected chi connectivity index (χ0v) is 13.2. The van der Waals surface area contributed by atoms with Crippen molar-refractivity contribution in [2.75, 3.05) is 0 Å². The van der Waals surface area contributed by atoms with Crippen LogP contribution in [0.2, 0.25) is 0 Å². The van der Waals surface area contributed by atoms with E-state index in [1.165, 1.54) is 0 Å². The van der Waals surface area contributed by atoms with Crippen LogP contribution in [-0.4, -0.2) is 14.1 Å². The van der Waals surface area contributed by atoms with Gasteiger partial charge < -0.3 is 0 Å². The van der Waals surface area contributed by atoms with Crippen molar-refractivity contribution in [3.05, 3.63) is 42.5 Å². The van der Waals surface area contributed by atoms with Gasteiger partial charge in [0.25, 0.3) is 10.0 Å². The first-order chi connectivity index (χ1) is 10.0. The van der Waals surface area contributed by atoms with Crippen molar-refractivity contribution in [3.63, 3.8) is 0 Å². The molecule has 0 bridgehead atoms. The summed E-state index contributed by atoms with van der Waals surface area (Å²) >= 11 is 0. The predicted molar refractivity (Wildman–Crippen MR) is 85.7 cm³/mol. The molecule has 1 atom stereocenters. The second-order valence-electron chi connectivity index (χ2n) is 5.57. The normalized spacial score (nSPS) is 21.2. The number of aryl methyl sites for hydroxylation is 1. The van der Waals surface area contributed by atoms with Gasteiger partial charge in [-0.15, -0.1) is 6.58 Å². The molecule has 1 N–H and O–H groups in total. The molecule has 1 saturated carbocycles. The van der Waals surface area contributed by atoms with Crippen molar-refractivity contribution in [2.24, 2.45) is 11.0 Å². The molecule has 2 rings (SSSR count). The Morgan fingerprint density at radius 3 is 2.76 bits per heavy atom. The van der Waals surface area contributed by atoms with E-state index >= 15 is 0 Å². The van der Waals surface area contributed by atoms with E-state index in [4.69, 9.17) is 0 Å². The van der Waals surface area contributed by atoms with Crippen molar-refractivity contribution < 1.29 is 8.42 Å². The summed E-state index contributed by atoms with van der Waals surface area (Å²) in [6, 6.07) is 6.75. The fourth-order valence-electron chi connectivity index (χ4n) is 2.57. The average molecular weight is 306 g/mol. The van der Waals surface area contributed by atoms with Gasteiger partial charge in [0.2, 0.25) is 0 Å². The van der Waals surface area contributed by atoms with Crippen LogP contribution in [0, 0.1) is 12.8 Å². The molecule has 5 heteroatoms. The number of allylic oxidation sites excluding steroid dienone is 1. The van der Waals surface area contributed by atoms with E-state index in [0.29, 0.717) is 5.92 Å². The highest BCUT2D eigenvalue weighted by atomic mass is 32.2. The zero-order valence-electron chi connectivity index (χ0n) is 12.4. The first-order valence-corrected chi connectivity index (χ1v) is 8.74.